The molecule has 0 saturated carbocycles. The number of carboxylic acids is 1. The molecule has 3 N–H and O–H groups in total. The van der Waals surface area contributed by atoms with Gasteiger partial charge in [-0.1, -0.05) is 30.4 Å². The predicted molar refractivity (Wildman–Crippen MR) is 57.6 cm³/mol. The number of nitrogens with two attached hydrogens (primary N) is 1. The summed E-state index contributed by atoms with van der Waals surface area (Å²) in [4.78, 5) is 10.5. The summed E-state index contributed by atoms with van der Waals surface area (Å²) < 4.78 is 5.10. The molecule has 0 bridgehead atoms. The van der Waals surface area contributed by atoms with Crippen LogP contribution >= 0.6 is 0 Å². The molecule has 0 radical (unpaired) electrons. The third-order valence-corrected chi connectivity index (χ3v) is 1.91. The van der Waals surface area contributed by atoms with Gasteiger partial charge < -0.3 is 15.6 Å². The Hall–Kier alpha value is -1.81. The second kappa shape index (κ2) is 5.17. The molecule has 1 aromatic carbocycles. The molecule has 0 fully saturated rings. The van der Waals surface area contributed by atoms with Crippen molar-refractivity contribution in [2.24, 2.45) is 5.73 Å². The molecule has 0 saturated heterocycles. The maximum absolute atomic E-state index is 10.5. The number of hydrogen-bond donors (Lipinski definition) is 2. The predicted octanol–water partition coefficient (Wildman–Crippen LogP) is 1.12. The minimum absolute atomic E-state index is 0.686. The molecule has 15 heavy (non-hydrogen) atoms. The SMILES string of the molecule is COc1ccccc1/C=C/C(N)C(=O)O. The molecule has 0 aromatic heterocycles. The zero-order valence-electron chi connectivity index (χ0n) is 8.38. The summed E-state index contributed by atoms with van der Waals surface area (Å²) in [5, 5.41) is 8.58. The number of hydrogen-bond acceptors (Lipinski definition) is 3. The van der Waals surface area contributed by atoms with Crippen LogP contribution in [-0.4, -0.2) is 24.2 Å². The topological polar surface area (TPSA) is 72.5 Å². The Balaban J connectivity index is 2.84. The minimum atomic E-state index is -1.05. The smallest absolute Gasteiger partial charge is 0.324 e. The van der Waals surface area contributed by atoms with Crippen molar-refractivity contribution in [1.29, 1.82) is 0 Å². The standard InChI is InChI=1S/C11H13NO3/c1-15-10-5-3-2-4-8(10)6-7-9(12)11(13)14/h2-7,9H,12H2,1H3,(H,13,14)/b7-6+. The number of benzene rings is 1. The lowest BCUT2D eigenvalue weighted by Crippen LogP contribution is -2.27. The van der Waals surface area contributed by atoms with E-state index in [1.54, 1.807) is 19.3 Å². The first-order valence-electron chi connectivity index (χ1n) is 4.44. The van der Waals surface area contributed by atoms with Crippen LogP contribution in [0.5, 0.6) is 5.75 Å². The number of ether oxygens (including phenoxy) is 1. The number of methoxy groups -OCH3 is 1. The lowest BCUT2D eigenvalue weighted by molar-refractivity contribution is -0.137. The third kappa shape index (κ3) is 3.11. The van der Waals surface area contributed by atoms with E-state index in [1.807, 2.05) is 18.2 Å². The van der Waals surface area contributed by atoms with Gasteiger partial charge >= 0.3 is 5.97 Å². The summed E-state index contributed by atoms with van der Waals surface area (Å²) in [6, 6.07) is 6.31. The maximum Gasteiger partial charge on any atom is 0.324 e. The van der Waals surface area contributed by atoms with Gasteiger partial charge in [-0.2, -0.15) is 0 Å². The first-order chi connectivity index (χ1) is 7.15. The highest BCUT2D eigenvalue weighted by atomic mass is 16.5. The fraction of sp³-hybridized carbons (Fsp3) is 0.182. The van der Waals surface area contributed by atoms with E-state index in [2.05, 4.69) is 0 Å². The first kappa shape index (κ1) is 11.3. The molecule has 0 aliphatic rings. The van der Waals surface area contributed by atoms with Crippen LogP contribution in [0.4, 0.5) is 0 Å². The molecule has 80 valence electrons. The van der Waals surface area contributed by atoms with Gasteiger partial charge in [-0.15, -0.1) is 0 Å². The van der Waals surface area contributed by atoms with E-state index >= 15 is 0 Å². The Morgan fingerprint density at radius 1 is 1.53 bits per heavy atom. The summed E-state index contributed by atoms with van der Waals surface area (Å²) >= 11 is 0. The second-order valence-electron chi connectivity index (χ2n) is 2.97. The normalized spacial score (nSPS) is 12.7. The van der Waals surface area contributed by atoms with E-state index < -0.39 is 12.0 Å². The van der Waals surface area contributed by atoms with E-state index in [0.717, 1.165) is 5.56 Å². The fourth-order valence-corrected chi connectivity index (χ4v) is 1.09. The molecule has 4 heteroatoms. The highest BCUT2D eigenvalue weighted by Crippen LogP contribution is 2.18. The number of para-hydroxylation sites is 1. The van der Waals surface area contributed by atoms with E-state index in [-0.39, 0.29) is 0 Å². The molecule has 1 rings (SSSR count). The first-order valence-corrected chi connectivity index (χ1v) is 4.44. The van der Waals surface area contributed by atoms with E-state index in [4.69, 9.17) is 15.6 Å². The summed E-state index contributed by atoms with van der Waals surface area (Å²) in [7, 11) is 1.56. The van der Waals surface area contributed by atoms with Gasteiger partial charge in [0.15, 0.2) is 0 Å². The maximum atomic E-state index is 10.5. The van der Waals surface area contributed by atoms with Crippen LogP contribution in [0.1, 0.15) is 5.56 Å². The monoisotopic (exact) mass is 207 g/mol. The van der Waals surface area contributed by atoms with Gasteiger partial charge in [0.1, 0.15) is 11.8 Å². The Labute approximate surface area is 88.0 Å². The molecule has 4 nitrogen and oxygen atoms in total. The zero-order chi connectivity index (χ0) is 11.3. The van der Waals surface area contributed by atoms with Crippen LogP contribution in [0.2, 0.25) is 0 Å². The number of rotatable bonds is 4. The van der Waals surface area contributed by atoms with Crippen LogP contribution in [-0.2, 0) is 4.79 Å². The quantitative estimate of drug-likeness (QED) is 0.776. The van der Waals surface area contributed by atoms with Crippen molar-refractivity contribution in [3.8, 4) is 5.75 Å². The molecule has 1 unspecified atom stereocenters. The van der Waals surface area contributed by atoms with Gasteiger partial charge in [0.2, 0.25) is 0 Å². The number of carbonyl (C=O) groups is 1. The fourth-order valence-electron chi connectivity index (χ4n) is 1.09. The van der Waals surface area contributed by atoms with Crippen molar-refractivity contribution >= 4 is 12.0 Å². The molecule has 1 aromatic rings. The largest absolute Gasteiger partial charge is 0.496 e. The Morgan fingerprint density at radius 3 is 2.80 bits per heavy atom. The Kier molecular flexibility index (Phi) is 3.88. The van der Waals surface area contributed by atoms with Gasteiger partial charge in [0.25, 0.3) is 0 Å². The van der Waals surface area contributed by atoms with Gasteiger partial charge in [0.05, 0.1) is 7.11 Å². The van der Waals surface area contributed by atoms with Gasteiger partial charge in [-0.3, -0.25) is 4.79 Å². The van der Waals surface area contributed by atoms with Crippen LogP contribution in [0.3, 0.4) is 0 Å². The average Bonchev–Trinajstić information content (AvgIpc) is 2.26. The molecule has 0 aliphatic heterocycles. The minimum Gasteiger partial charge on any atom is -0.496 e. The molecule has 0 amide bonds. The van der Waals surface area contributed by atoms with Crippen molar-refractivity contribution in [1.82, 2.24) is 0 Å². The van der Waals surface area contributed by atoms with E-state index in [0.29, 0.717) is 5.75 Å². The van der Waals surface area contributed by atoms with Crippen LogP contribution in [0.15, 0.2) is 30.3 Å². The van der Waals surface area contributed by atoms with E-state index in [9.17, 15) is 4.79 Å². The molecule has 1 atom stereocenters. The zero-order valence-corrected chi connectivity index (χ0v) is 8.38. The van der Waals surface area contributed by atoms with Gasteiger partial charge in [0, 0.05) is 5.56 Å². The lowest BCUT2D eigenvalue weighted by atomic mass is 10.1. The Bertz CT molecular complexity index is 374. The van der Waals surface area contributed by atoms with Crippen LogP contribution in [0, 0.1) is 0 Å². The molecule has 0 heterocycles. The van der Waals surface area contributed by atoms with Crippen molar-refractivity contribution < 1.29 is 14.6 Å². The summed E-state index contributed by atoms with van der Waals surface area (Å²) in [6.07, 6.45) is 3.05. The van der Waals surface area contributed by atoms with Crippen molar-refractivity contribution in [2.75, 3.05) is 7.11 Å². The highest BCUT2D eigenvalue weighted by molar-refractivity contribution is 5.77. The Morgan fingerprint density at radius 2 is 2.20 bits per heavy atom. The molecular weight excluding hydrogens is 194 g/mol. The van der Waals surface area contributed by atoms with E-state index in [1.165, 1.54) is 6.08 Å². The van der Waals surface area contributed by atoms with Crippen molar-refractivity contribution in [2.45, 2.75) is 6.04 Å². The summed E-state index contributed by atoms with van der Waals surface area (Å²) in [5.41, 5.74) is 6.13. The van der Waals surface area contributed by atoms with Crippen molar-refractivity contribution in [3.05, 3.63) is 35.9 Å². The van der Waals surface area contributed by atoms with Crippen molar-refractivity contribution in [3.63, 3.8) is 0 Å². The summed E-state index contributed by atoms with van der Waals surface area (Å²) in [5.74, 6) is -0.368. The molecule has 0 spiro atoms. The molecule has 0 aliphatic carbocycles. The number of aliphatic carboxylic acids is 1. The van der Waals surface area contributed by atoms with Crippen LogP contribution in [0.25, 0.3) is 6.08 Å². The lowest BCUT2D eigenvalue weighted by Gasteiger charge is -2.04. The van der Waals surface area contributed by atoms with Gasteiger partial charge in [-0.05, 0) is 6.07 Å². The second-order valence-corrected chi connectivity index (χ2v) is 2.97. The van der Waals surface area contributed by atoms with Gasteiger partial charge in [-0.25, -0.2) is 0 Å². The third-order valence-electron chi connectivity index (χ3n) is 1.91. The molecular formula is C11H13NO3. The number of carboxylic acid groups (broad SMARTS) is 1. The highest BCUT2D eigenvalue weighted by Gasteiger charge is 2.06. The van der Waals surface area contributed by atoms with Crippen LogP contribution < -0.4 is 10.5 Å². The average molecular weight is 207 g/mol. The summed E-state index contributed by atoms with van der Waals surface area (Å²) in [6.45, 7) is 0.